The van der Waals surface area contributed by atoms with Gasteiger partial charge in [0.2, 0.25) is 0 Å². The average molecular weight is 372 g/mol. The van der Waals surface area contributed by atoms with Crippen molar-refractivity contribution in [1.82, 2.24) is 5.32 Å². The first-order valence-electron chi connectivity index (χ1n) is 6.97. The van der Waals surface area contributed by atoms with E-state index in [-0.39, 0.29) is 5.82 Å². The van der Waals surface area contributed by atoms with Crippen LogP contribution in [0.1, 0.15) is 28.7 Å². The number of rotatable bonds is 7. The van der Waals surface area contributed by atoms with E-state index in [4.69, 9.17) is 4.74 Å². The van der Waals surface area contributed by atoms with Crippen LogP contribution in [0.2, 0.25) is 0 Å². The van der Waals surface area contributed by atoms with Gasteiger partial charge >= 0.3 is 0 Å². The summed E-state index contributed by atoms with van der Waals surface area (Å²) in [6, 6.07) is 6.63. The van der Waals surface area contributed by atoms with Crippen molar-refractivity contribution in [2.45, 2.75) is 33.4 Å². The SMILES string of the molecule is CCCNCc1cc(COc2cc(F)ccc2Br)c(C)s1. The maximum absolute atomic E-state index is 13.2. The van der Waals surface area contributed by atoms with Gasteiger partial charge in [-0.25, -0.2) is 4.39 Å². The number of benzene rings is 1. The van der Waals surface area contributed by atoms with Gasteiger partial charge in [0, 0.05) is 27.9 Å². The lowest BCUT2D eigenvalue weighted by atomic mass is 10.2. The summed E-state index contributed by atoms with van der Waals surface area (Å²) in [4.78, 5) is 2.55. The summed E-state index contributed by atoms with van der Waals surface area (Å²) < 4.78 is 19.7. The highest BCUT2D eigenvalue weighted by Gasteiger charge is 2.08. The molecule has 1 aromatic heterocycles. The summed E-state index contributed by atoms with van der Waals surface area (Å²) in [5, 5.41) is 3.39. The standard InChI is InChI=1S/C16H19BrFNOS/c1-3-6-19-9-14-7-12(11(2)21-14)10-20-16-8-13(18)4-5-15(16)17/h4-5,7-8,19H,3,6,9-10H2,1-2H3. The van der Waals surface area contributed by atoms with E-state index >= 15 is 0 Å². The Morgan fingerprint density at radius 3 is 2.90 bits per heavy atom. The van der Waals surface area contributed by atoms with Crippen LogP contribution in [0.4, 0.5) is 4.39 Å². The minimum atomic E-state index is -0.292. The molecule has 0 saturated heterocycles. The van der Waals surface area contributed by atoms with Gasteiger partial charge in [-0.2, -0.15) is 0 Å². The number of thiophene rings is 1. The summed E-state index contributed by atoms with van der Waals surface area (Å²) in [6.07, 6.45) is 1.13. The molecule has 0 fully saturated rings. The van der Waals surface area contributed by atoms with Crippen molar-refractivity contribution in [2.75, 3.05) is 6.54 Å². The van der Waals surface area contributed by atoms with Crippen LogP contribution in [0.5, 0.6) is 5.75 Å². The lowest BCUT2D eigenvalue weighted by molar-refractivity contribution is 0.302. The Labute approximate surface area is 137 Å². The van der Waals surface area contributed by atoms with Crippen LogP contribution in [0.15, 0.2) is 28.7 Å². The third-order valence-electron chi connectivity index (χ3n) is 3.07. The van der Waals surface area contributed by atoms with Crippen molar-refractivity contribution in [3.63, 3.8) is 0 Å². The number of hydrogen-bond donors (Lipinski definition) is 1. The maximum atomic E-state index is 13.2. The van der Waals surface area contributed by atoms with Crippen LogP contribution in [0.3, 0.4) is 0 Å². The second kappa shape index (κ2) is 7.92. The molecule has 2 nitrogen and oxygen atoms in total. The van der Waals surface area contributed by atoms with E-state index in [1.54, 1.807) is 17.4 Å². The molecule has 21 heavy (non-hydrogen) atoms. The van der Waals surface area contributed by atoms with E-state index in [0.717, 1.165) is 29.5 Å². The first-order chi connectivity index (χ1) is 10.1. The minimum absolute atomic E-state index is 0.292. The monoisotopic (exact) mass is 371 g/mol. The van der Waals surface area contributed by atoms with Gasteiger partial charge in [-0.1, -0.05) is 6.92 Å². The van der Waals surface area contributed by atoms with Crippen molar-refractivity contribution in [3.05, 3.63) is 49.9 Å². The van der Waals surface area contributed by atoms with E-state index in [2.05, 4.69) is 41.2 Å². The van der Waals surface area contributed by atoms with E-state index in [0.29, 0.717) is 12.4 Å². The number of aryl methyl sites for hydroxylation is 1. The molecule has 0 aliphatic rings. The molecule has 2 aromatic rings. The molecule has 1 N–H and O–H groups in total. The van der Waals surface area contributed by atoms with Gasteiger partial charge in [-0.15, -0.1) is 11.3 Å². The molecule has 1 heterocycles. The van der Waals surface area contributed by atoms with Crippen molar-refractivity contribution in [2.24, 2.45) is 0 Å². The fraction of sp³-hybridized carbons (Fsp3) is 0.375. The Kier molecular flexibility index (Phi) is 6.21. The van der Waals surface area contributed by atoms with Gasteiger partial charge in [-0.05, 0) is 54.0 Å². The maximum Gasteiger partial charge on any atom is 0.136 e. The Hall–Kier alpha value is -0.910. The summed E-state index contributed by atoms with van der Waals surface area (Å²) in [5.74, 6) is 0.242. The Morgan fingerprint density at radius 2 is 2.14 bits per heavy atom. The van der Waals surface area contributed by atoms with Crippen LogP contribution in [0.25, 0.3) is 0 Å². The molecule has 0 bridgehead atoms. The predicted octanol–water partition coefficient (Wildman–Crippen LogP) is 5.04. The molecule has 0 saturated carbocycles. The molecule has 0 aliphatic carbocycles. The van der Waals surface area contributed by atoms with E-state index < -0.39 is 0 Å². The minimum Gasteiger partial charge on any atom is -0.488 e. The van der Waals surface area contributed by atoms with Crippen LogP contribution >= 0.6 is 27.3 Å². The first-order valence-corrected chi connectivity index (χ1v) is 8.58. The number of hydrogen-bond acceptors (Lipinski definition) is 3. The fourth-order valence-corrected chi connectivity index (χ4v) is 3.33. The molecular weight excluding hydrogens is 353 g/mol. The quantitative estimate of drug-likeness (QED) is 0.688. The van der Waals surface area contributed by atoms with Crippen LogP contribution in [-0.2, 0) is 13.2 Å². The molecule has 5 heteroatoms. The first kappa shape index (κ1) is 16.5. The largest absolute Gasteiger partial charge is 0.488 e. The topological polar surface area (TPSA) is 21.3 Å². The van der Waals surface area contributed by atoms with Gasteiger partial charge in [0.15, 0.2) is 0 Å². The lowest BCUT2D eigenvalue weighted by Gasteiger charge is -2.08. The van der Waals surface area contributed by atoms with Gasteiger partial charge in [-0.3, -0.25) is 0 Å². The zero-order valence-electron chi connectivity index (χ0n) is 12.2. The second-order valence-corrected chi connectivity index (χ2v) is 7.03. The molecule has 0 amide bonds. The zero-order valence-corrected chi connectivity index (χ0v) is 14.6. The van der Waals surface area contributed by atoms with Crippen molar-refractivity contribution >= 4 is 27.3 Å². The van der Waals surface area contributed by atoms with Crippen LogP contribution < -0.4 is 10.1 Å². The average Bonchev–Trinajstić information content (AvgIpc) is 2.80. The molecule has 0 unspecified atom stereocenters. The van der Waals surface area contributed by atoms with Crippen molar-refractivity contribution < 1.29 is 9.13 Å². The summed E-state index contributed by atoms with van der Waals surface area (Å²) >= 11 is 5.15. The number of nitrogens with one attached hydrogen (secondary N) is 1. The smallest absolute Gasteiger partial charge is 0.136 e. The van der Waals surface area contributed by atoms with E-state index in [1.165, 1.54) is 21.9 Å². The molecule has 2 rings (SSSR count). The Morgan fingerprint density at radius 1 is 1.33 bits per heavy atom. The number of ether oxygens (including phenoxy) is 1. The van der Waals surface area contributed by atoms with Crippen molar-refractivity contribution in [1.29, 1.82) is 0 Å². The molecule has 0 atom stereocenters. The zero-order chi connectivity index (χ0) is 15.2. The van der Waals surface area contributed by atoms with Crippen LogP contribution in [0, 0.1) is 12.7 Å². The summed E-state index contributed by atoms with van der Waals surface area (Å²) in [5.41, 5.74) is 1.16. The molecule has 114 valence electrons. The van der Waals surface area contributed by atoms with Gasteiger partial charge in [0.05, 0.1) is 4.47 Å². The predicted molar refractivity (Wildman–Crippen MR) is 89.5 cm³/mol. The van der Waals surface area contributed by atoms with Gasteiger partial charge < -0.3 is 10.1 Å². The molecule has 0 spiro atoms. The Bertz CT molecular complexity index is 600. The van der Waals surface area contributed by atoms with E-state index in [1.807, 2.05) is 0 Å². The molecule has 0 aliphatic heterocycles. The molecule has 1 aromatic carbocycles. The summed E-state index contributed by atoms with van der Waals surface area (Å²) in [6.45, 7) is 6.62. The lowest BCUT2D eigenvalue weighted by Crippen LogP contribution is -2.12. The highest BCUT2D eigenvalue weighted by atomic mass is 79.9. The van der Waals surface area contributed by atoms with Gasteiger partial charge in [0.1, 0.15) is 18.2 Å². The van der Waals surface area contributed by atoms with Crippen molar-refractivity contribution in [3.8, 4) is 5.75 Å². The second-order valence-electron chi connectivity index (χ2n) is 4.83. The third kappa shape index (κ3) is 4.80. The van der Waals surface area contributed by atoms with Gasteiger partial charge in [0.25, 0.3) is 0 Å². The molecular formula is C16H19BrFNOS. The third-order valence-corrected chi connectivity index (χ3v) is 4.82. The Balaban J connectivity index is 1.98. The van der Waals surface area contributed by atoms with Crippen LogP contribution in [-0.4, -0.2) is 6.54 Å². The fourth-order valence-electron chi connectivity index (χ4n) is 1.95. The normalized spacial score (nSPS) is 10.9. The number of halogens is 2. The highest BCUT2D eigenvalue weighted by Crippen LogP contribution is 2.28. The molecule has 0 radical (unpaired) electrons. The highest BCUT2D eigenvalue weighted by molar-refractivity contribution is 9.10. The summed E-state index contributed by atoms with van der Waals surface area (Å²) in [7, 11) is 0. The van der Waals surface area contributed by atoms with E-state index in [9.17, 15) is 4.39 Å².